The van der Waals surface area contributed by atoms with E-state index in [1.807, 2.05) is 73.7 Å². The maximum absolute atomic E-state index is 11.3. The van der Waals surface area contributed by atoms with Crippen LogP contribution in [-0.2, 0) is 6.61 Å². The van der Waals surface area contributed by atoms with Crippen molar-refractivity contribution in [3.8, 4) is 28.2 Å². The smallest absolute Gasteiger partial charge is 0.173 e. The second-order valence-corrected chi connectivity index (χ2v) is 9.73. The monoisotopic (exact) mass is 487 g/mol. The lowest BCUT2D eigenvalue weighted by Gasteiger charge is -2.13. The largest absolute Gasteiger partial charge is 0.489 e. The number of aliphatic hydroxyl groups excluding tert-OH is 1. The van der Waals surface area contributed by atoms with Gasteiger partial charge in [0, 0.05) is 5.56 Å². The third-order valence-corrected chi connectivity index (χ3v) is 7.07. The lowest BCUT2D eigenvalue weighted by molar-refractivity contribution is 0.219. The van der Waals surface area contributed by atoms with Crippen LogP contribution in [0.15, 0.2) is 108 Å². The number of aryl methyl sites for hydroxylation is 1. The van der Waals surface area contributed by atoms with Gasteiger partial charge in [-0.05, 0) is 65.6 Å². The van der Waals surface area contributed by atoms with Gasteiger partial charge >= 0.3 is 0 Å². The van der Waals surface area contributed by atoms with Crippen molar-refractivity contribution in [3.63, 3.8) is 0 Å². The van der Waals surface area contributed by atoms with Crippen LogP contribution in [0, 0.1) is 6.92 Å². The van der Waals surface area contributed by atoms with Crippen molar-refractivity contribution in [2.75, 3.05) is 0 Å². The molecule has 1 unspecified atom stereocenters. The molecule has 1 aliphatic rings. The molecule has 5 aromatic rings. The zero-order chi connectivity index (χ0) is 25.2. The summed E-state index contributed by atoms with van der Waals surface area (Å²) in [6, 6.07) is 34.7. The first-order valence-corrected chi connectivity index (χ1v) is 12.8. The van der Waals surface area contributed by atoms with Crippen molar-refractivity contribution in [1.29, 1.82) is 0 Å². The number of nitrogens with zero attached hydrogens (tertiary/aromatic N) is 1. The molecule has 6 rings (SSSR count). The lowest BCUT2D eigenvalue weighted by Crippen LogP contribution is -2.02. The molecule has 4 aromatic carbocycles. The van der Waals surface area contributed by atoms with Gasteiger partial charge in [-0.3, -0.25) is 0 Å². The summed E-state index contributed by atoms with van der Waals surface area (Å²) < 4.78 is 11.6. The average molecular weight is 488 g/mol. The fraction of sp³-hybridized carbons (Fsp3) is 0.182. The number of hydrogen-bond acceptors (Lipinski definition) is 4. The summed E-state index contributed by atoms with van der Waals surface area (Å²) in [4.78, 5) is 0. The number of benzene rings is 4. The van der Waals surface area contributed by atoms with Crippen molar-refractivity contribution in [1.82, 2.24) is 5.16 Å². The minimum Gasteiger partial charge on any atom is -0.489 e. The molecular formula is C33H29NO3. The van der Waals surface area contributed by atoms with Gasteiger partial charge in [0.15, 0.2) is 5.76 Å². The average Bonchev–Trinajstić information content (AvgIpc) is 3.74. The van der Waals surface area contributed by atoms with Crippen LogP contribution in [0.4, 0.5) is 0 Å². The molecule has 1 atom stereocenters. The Balaban J connectivity index is 1.19. The number of hydrogen-bond donors (Lipinski definition) is 1. The molecule has 0 spiro atoms. The van der Waals surface area contributed by atoms with E-state index >= 15 is 0 Å². The highest BCUT2D eigenvalue weighted by molar-refractivity contribution is 5.70. The molecule has 0 saturated heterocycles. The van der Waals surface area contributed by atoms with E-state index in [2.05, 4.69) is 41.6 Å². The summed E-state index contributed by atoms with van der Waals surface area (Å²) in [7, 11) is 0. The van der Waals surface area contributed by atoms with Crippen LogP contribution in [0.1, 0.15) is 52.8 Å². The van der Waals surface area contributed by atoms with Gasteiger partial charge in [-0.15, -0.1) is 0 Å². The Labute approximate surface area is 217 Å². The van der Waals surface area contributed by atoms with Gasteiger partial charge in [-0.2, -0.15) is 0 Å². The van der Waals surface area contributed by atoms with Crippen LogP contribution in [0.2, 0.25) is 0 Å². The lowest BCUT2D eigenvalue weighted by atomic mass is 9.95. The predicted molar refractivity (Wildman–Crippen MR) is 145 cm³/mol. The summed E-state index contributed by atoms with van der Waals surface area (Å²) in [5, 5.41) is 15.4. The summed E-state index contributed by atoms with van der Waals surface area (Å²) in [6.45, 7) is 2.36. The summed E-state index contributed by atoms with van der Waals surface area (Å²) in [6.07, 6.45) is 1.76. The van der Waals surface area contributed by atoms with E-state index in [0.29, 0.717) is 23.6 Å². The minimum absolute atomic E-state index is 0.498. The van der Waals surface area contributed by atoms with Gasteiger partial charge in [0.05, 0.1) is 11.3 Å². The van der Waals surface area contributed by atoms with E-state index in [0.717, 1.165) is 33.9 Å². The van der Waals surface area contributed by atoms with Gasteiger partial charge in [0.2, 0.25) is 0 Å². The van der Waals surface area contributed by atoms with Gasteiger partial charge in [-0.25, -0.2) is 0 Å². The zero-order valence-corrected chi connectivity index (χ0v) is 20.8. The highest BCUT2D eigenvalue weighted by Gasteiger charge is 2.24. The topological polar surface area (TPSA) is 55.5 Å². The van der Waals surface area contributed by atoms with Crippen molar-refractivity contribution in [2.45, 2.75) is 38.4 Å². The first-order valence-electron chi connectivity index (χ1n) is 12.8. The van der Waals surface area contributed by atoms with Crippen LogP contribution >= 0.6 is 0 Å². The molecule has 0 radical (unpaired) electrons. The molecule has 1 aliphatic carbocycles. The Hall–Kier alpha value is -4.15. The summed E-state index contributed by atoms with van der Waals surface area (Å²) >= 11 is 0. The molecule has 1 aromatic heterocycles. The van der Waals surface area contributed by atoms with Gasteiger partial charge in [0.1, 0.15) is 18.5 Å². The van der Waals surface area contributed by atoms with Crippen molar-refractivity contribution >= 4 is 0 Å². The Bertz CT molecular complexity index is 1470. The third kappa shape index (κ3) is 5.07. The predicted octanol–water partition coefficient (Wildman–Crippen LogP) is 7.86. The fourth-order valence-corrected chi connectivity index (χ4v) is 4.74. The van der Waals surface area contributed by atoms with Crippen molar-refractivity contribution in [2.24, 2.45) is 0 Å². The number of ether oxygens (including phenoxy) is 1. The van der Waals surface area contributed by atoms with Gasteiger partial charge in [-0.1, -0.05) is 96.2 Å². The van der Waals surface area contributed by atoms with E-state index in [9.17, 15) is 5.11 Å². The molecule has 184 valence electrons. The highest BCUT2D eigenvalue weighted by atomic mass is 16.5. The second-order valence-electron chi connectivity index (χ2n) is 9.73. The maximum Gasteiger partial charge on any atom is 0.173 e. The molecular weight excluding hydrogens is 458 g/mol. The Kier molecular flexibility index (Phi) is 6.33. The normalized spacial score (nSPS) is 13.9. The molecule has 0 amide bonds. The second kappa shape index (κ2) is 10.1. The molecule has 0 bridgehead atoms. The molecule has 1 saturated carbocycles. The van der Waals surface area contributed by atoms with E-state index in [1.165, 1.54) is 24.0 Å². The van der Waals surface area contributed by atoms with E-state index in [4.69, 9.17) is 9.26 Å². The SMILES string of the molecule is Cc1noc(-c2ccc(-c3ccc(C4CC4)cc3)cc2)c1C(O)c1ccc(OCc2ccccc2)cc1. The number of rotatable bonds is 8. The molecule has 0 aliphatic heterocycles. The minimum atomic E-state index is -0.862. The first kappa shape index (κ1) is 23.3. The Morgan fingerprint density at radius 3 is 2.08 bits per heavy atom. The molecule has 37 heavy (non-hydrogen) atoms. The van der Waals surface area contributed by atoms with Crippen LogP contribution < -0.4 is 4.74 Å². The quantitative estimate of drug-likeness (QED) is 0.242. The standard InChI is InChI=1S/C33H29NO3/c1-22-31(32(35)28-17-19-30(20-18-28)36-21-23-5-3-2-4-6-23)33(37-34-22)29-15-13-27(14-16-29)26-11-9-25(10-12-26)24-7-8-24/h2-6,9-20,24,32,35H,7-8,21H2,1H3. The van der Waals surface area contributed by atoms with E-state index in [-0.39, 0.29) is 0 Å². The number of aromatic nitrogens is 1. The Morgan fingerprint density at radius 1 is 0.811 bits per heavy atom. The fourth-order valence-electron chi connectivity index (χ4n) is 4.74. The van der Waals surface area contributed by atoms with E-state index < -0.39 is 6.10 Å². The van der Waals surface area contributed by atoms with Crippen molar-refractivity contribution < 1.29 is 14.4 Å². The first-order chi connectivity index (χ1) is 18.2. The van der Waals surface area contributed by atoms with Crippen LogP contribution in [-0.4, -0.2) is 10.3 Å². The van der Waals surface area contributed by atoms with Gasteiger partial charge < -0.3 is 14.4 Å². The molecule has 4 nitrogen and oxygen atoms in total. The number of aliphatic hydroxyl groups is 1. The zero-order valence-electron chi connectivity index (χ0n) is 20.8. The van der Waals surface area contributed by atoms with Crippen LogP contribution in [0.25, 0.3) is 22.5 Å². The van der Waals surface area contributed by atoms with Gasteiger partial charge in [0.25, 0.3) is 0 Å². The highest BCUT2D eigenvalue weighted by Crippen LogP contribution is 2.41. The van der Waals surface area contributed by atoms with Crippen molar-refractivity contribution in [3.05, 3.63) is 131 Å². The molecule has 1 fully saturated rings. The van der Waals surface area contributed by atoms with Crippen LogP contribution in [0.3, 0.4) is 0 Å². The summed E-state index contributed by atoms with van der Waals surface area (Å²) in [5.74, 6) is 2.10. The van der Waals surface area contributed by atoms with E-state index in [1.54, 1.807) is 0 Å². The third-order valence-electron chi connectivity index (χ3n) is 7.07. The molecule has 1 N–H and O–H groups in total. The Morgan fingerprint density at radius 2 is 1.43 bits per heavy atom. The van der Waals surface area contributed by atoms with Crippen LogP contribution in [0.5, 0.6) is 5.75 Å². The molecule has 1 heterocycles. The summed E-state index contributed by atoms with van der Waals surface area (Å²) in [5.41, 5.74) is 7.88. The molecule has 4 heteroatoms. The maximum atomic E-state index is 11.3.